The van der Waals surface area contributed by atoms with Gasteiger partial charge in [0.15, 0.2) is 0 Å². The van der Waals surface area contributed by atoms with Crippen molar-refractivity contribution in [3.63, 3.8) is 0 Å². The highest BCUT2D eigenvalue weighted by atomic mass is 16.5. The molecule has 0 aliphatic heterocycles. The zero-order valence-corrected chi connectivity index (χ0v) is 11.2. The number of aryl methyl sites for hydroxylation is 1. The van der Waals surface area contributed by atoms with Crippen LogP contribution in [0.25, 0.3) is 0 Å². The number of ether oxygens (including phenoxy) is 1. The van der Waals surface area contributed by atoms with E-state index in [2.05, 4.69) is 9.88 Å². The Bertz CT molecular complexity index is 376. The Kier molecular flexibility index (Phi) is 4.69. The van der Waals surface area contributed by atoms with Crippen molar-refractivity contribution < 1.29 is 9.53 Å². The molecule has 0 saturated heterocycles. The molecule has 1 aromatic heterocycles. The highest BCUT2D eigenvalue weighted by molar-refractivity contribution is 5.72. The molecule has 17 heavy (non-hydrogen) atoms. The molecule has 0 spiro atoms. The first-order chi connectivity index (χ1) is 7.97. The molecule has 0 amide bonds. The van der Waals surface area contributed by atoms with E-state index < -0.39 is 0 Å². The molecule has 0 aliphatic carbocycles. The molecule has 1 rings (SSSR count). The number of methoxy groups -OCH3 is 1. The summed E-state index contributed by atoms with van der Waals surface area (Å²) in [6, 6.07) is 0.110. The van der Waals surface area contributed by atoms with Gasteiger partial charge in [0.1, 0.15) is 5.82 Å². The van der Waals surface area contributed by atoms with E-state index in [9.17, 15) is 4.79 Å². The Morgan fingerprint density at radius 2 is 2.24 bits per heavy atom. The van der Waals surface area contributed by atoms with Gasteiger partial charge in [-0.3, -0.25) is 9.69 Å². The standard InChI is InChI=1S/C12H21N3O2/c1-9(12(16)17-5)10(2)15(4)8-11-13-6-7-14(11)3/h6-7,9-10H,8H2,1-5H3. The zero-order chi connectivity index (χ0) is 13.0. The summed E-state index contributed by atoms with van der Waals surface area (Å²) in [4.78, 5) is 17.8. The zero-order valence-electron chi connectivity index (χ0n) is 11.2. The van der Waals surface area contributed by atoms with Crippen molar-refractivity contribution >= 4 is 5.97 Å². The van der Waals surface area contributed by atoms with E-state index >= 15 is 0 Å². The molecule has 0 radical (unpaired) electrons. The van der Waals surface area contributed by atoms with E-state index in [0.29, 0.717) is 6.54 Å². The average Bonchev–Trinajstić information content (AvgIpc) is 2.72. The van der Waals surface area contributed by atoms with Gasteiger partial charge >= 0.3 is 5.97 Å². The minimum Gasteiger partial charge on any atom is -0.469 e. The Hall–Kier alpha value is -1.36. The lowest BCUT2D eigenvalue weighted by Crippen LogP contribution is -2.38. The Morgan fingerprint density at radius 3 is 2.71 bits per heavy atom. The number of nitrogens with zero attached hydrogens (tertiary/aromatic N) is 3. The second-order valence-corrected chi connectivity index (χ2v) is 4.42. The van der Waals surface area contributed by atoms with Crippen LogP contribution in [0.2, 0.25) is 0 Å². The molecule has 0 fully saturated rings. The summed E-state index contributed by atoms with van der Waals surface area (Å²) in [6.07, 6.45) is 3.69. The first-order valence-electron chi connectivity index (χ1n) is 5.71. The van der Waals surface area contributed by atoms with Crippen molar-refractivity contribution in [2.45, 2.75) is 26.4 Å². The fourth-order valence-corrected chi connectivity index (χ4v) is 1.68. The minimum atomic E-state index is -0.177. The third-order valence-corrected chi connectivity index (χ3v) is 3.30. The van der Waals surface area contributed by atoms with Crippen LogP contribution < -0.4 is 0 Å². The topological polar surface area (TPSA) is 47.4 Å². The van der Waals surface area contributed by atoms with E-state index in [1.807, 2.05) is 38.7 Å². The van der Waals surface area contributed by atoms with Crippen molar-refractivity contribution in [3.8, 4) is 0 Å². The lowest BCUT2D eigenvalue weighted by atomic mass is 10.0. The summed E-state index contributed by atoms with van der Waals surface area (Å²) in [5, 5.41) is 0. The van der Waals surface area contributed by atoms with Gasteiger partial charge in [0, 0.05) is 25.5 Å². The number of carbonyl (C=O) groups excluding carboxylic acids is 1. The van der Waals surface area contributed by atoms with Crippen LogP contribution in [0.5, 0.6) is 0 Å². The first-order valence-corrected chi connectivity index (χ1v) is 5.71. The molecule has 2 atom stereocenters. The summed E-state index contributed by atoms with van der Waals surface area (Å²) in [7, 11) is 5.37. The van der Waals surface area contributed by atoms with Crippen LogP contribution in [-0.2, 0) is 23.1 Å². The van der Waals surface area contributed by atoms with E-state index in [4.69, 9.17) is 4.74 Å². The SMILES string of the molecule is COC(=O)C(C)C(C)N(C)Cc1nccn1C. The fraction of sp³-hybridized carbons (Fsp3) is 0.667. The Morgan fingerprint density at radius 1 is 1.59 bits per heavy atom. The van der Waals surface area contributed by atoms with Crippen LogP contribution in [-0.4, -0.2) is 40.6 Å². The second kappa shape index (κ2) is 5.82. The second-order valence-electron chi connectivity index (χ2n) is 4.42. The maximum absolute atomic E-state index is 11.5. The van der Waals surface area contributed by atoms with Gasteiger partial charge in [-0.25, -0.2) is 4.98 Å². The van der Waals surface area contributed by atoms with Gasteiger partial charge in [-0.1, -0.05) is 6.92 Å². The van der Waals surface area contributed by atoms with Gasteiger partial charge in [0.2, 0.25) is 0 Å². The number of imidazole rings is 1. The Balaban J connectivity index is 2.61. The number of esters is 1. The smallest absolute Gasteiger partial charge is 0.309 e. The first kappa shape index (κ1) is 13.7. The lowest BCUT2D eigenvalue weighted by Gasteiger charge is -2.27. The molecule has 1 aromatic rings. The molecule has 2 unspecified atom stereocenters. The molecule has 96 valence electrons. The van der Waals surface area contributed by atoms with E-state index in [0.717, 1.165) is 5.82 Å². The molecule has 0 bridgehead atoms. The number of hydrogen-bond acceptors (Lipinski definition) is 4. The highest BCUT2D eigenvalue weighted by Crippen LogP contribution is 2.13. The van der Waals surface area contributed by atoms with Crippen LogP contribution in [0.1, 0.15) is 19.7 Å². The van der Waals surface area contributed by atoms with Crippen LogP contribution in [0, 0.1) is 5.92 Å². The van der Waals surface area contributed by atoms with Crippen molar-refractivity contribution in [1.82, 2.24) is 14.5 Å². The molecule has 0 aliphatic rings. The van der Waals surface area contributed by atoms with Crippen LogP contribution >= 0.6 is 0 Å². The predicted octanol–water partition coefficient (Wildman–Crippen LogP) is 1.05. The lowest BCUT2D eigenvalue weighted by molar-refractivity contribution is -0.146. The fourth-order valence-electron chi connectivity index (χ4n) is 1.68. The van der Waals surface area contributed by atoms with Crippen LogP contribution in [0.3, 0.4) is 0 Å². The van der Waals surface area contributed by atoms with Crippen LogP contribution in [0.4, 0.5) is 0 Å². The predicted molar refractivity (Wildman–Crippen MR) is 65.3 cm³/mol. The number of hydrogen-bond donors (Lipinski definition) is 0. The van der Waals surface area contributed by atoms with E-state index in [1.54, 1.807) is 6.20 Å². The highest BCUT2D eigenvalue weighted by Gasteiger charge is 2.24. The maximum Gasteiger partial charge on any atom is 0.309 e. The summed E-state index contributed by atoms with van der Waals surface area (Å²) >= 11 is 0. The molecule has 0 saturated carbocycles. The molecule has 5 heteroatoms. The summed E-state index contributed by atoms with van der Waals surface area (Å²) in [5.41, 5.74) is 0. The van der Waals surface area contributed by atoms with Crippen molar-refractivity contribution in [2.24, 2.45) is 13.0 Å². The van der Waals surface area contributed by atoms with E-state index in [-0.39, 0.29) is 17.9 Å². The van der Waals surface area contributed by atoms with E-state index in [1.165, 1.54) is 7.11 Å². The average molecular weight is 239 g/mol. The number of carbonyl (C=O) groups is 1. The maximum atomic E-state index is 11.5. The minimum absolute atomic E-state index is 0.110. The molecule has 0 aromatic carbocycles. The monoisotopic (exact) mass is 239 g/mol. The summed E-state index contributed by atoms with van der Waals surface area (Å²) in [5.74, 6) is 0.658. The van der Waals surface area contributed by atoms with Gasteiger partial charge in [0.05, 0.1) is 19.6 Å². The van der Waals surface area contributed by atoms with Gasteiger partial charge in [-0.2, -0.15) is 0 Å². The third-order valence-electron chi connectivity index (χ3n) is 3.30. The number of aromatic nitrogens is 2. The van der Waals surface area contributed by atoms with Gasteiger partial charge in [-0.15, -0.1) is 0 Å². The molecule has 0 N–H and O–H groups in total. The summed E-state index contributed by atoms with van der Waals surface area (Å²) < 4.78 is 6.73. The van der Waals surface area contributed by atoms with Crippen LogP contribution in [0.15, 0.2) is 12.4 Å². The Labute approximate surface area is 102 Å². The van der Waals surface area contributed by atoms with Gasteiger partial charge in [-0.05, 0) is 14.0 Å². The number of rotatable bonds is 5. The largest absolute Gasteiger partial charge is 0.469 e. The molecular formula is C12H21N3O2. The quantitative estimate of drug-likeness (QED) is 0.721. The van der Waals surface area contributed by atoms with Crippen molar-refractivity contribution in [2.75, 3.05) is 14.2 Å². The van der Waals surface area contributed by atoms with Gasteiger partial charge < -0.3 is 9.30 Å². The summed E-state index contributed by atoms with van der Waals surface area (Å²) in [6.45, 7) is 4.61. The van der Waals surface area contributed by atoms with Crippen molar-refractivity contribution in [1.29, 1.82) is 0 Å². The normalized spacial score (nSPS) is 14.7. The molecule has 1 heterocycles. The van der Waals surface area contributed by atoms with Gasteiger partial charge in [0.25, 0.3) is 0 Å². The third kappa shape index (κ3) is 3.30. The molecule has 5 nitrogen and oxygen atoms in total. The van der Waals surface area contributed by atoms with Crippen molar-refractivity contribution in [3.05, 3.63) is 18.2 Å². The molecular weight excluding hydrogens is 218 g/mol.